The first kappa shape index (κ1) is 15.3. The summed E-state index contributed by atoms with van der Waals surface area (Å²) in [6.45, 7) is 3.34. The van der Waals surface area contributed by atoms with Crippen molar-refractivity contribution in [1.29, 1.82) is 0 Å². The first-order valence-electron chi connectivity index (χ1n) is 5.71. The number of carbonyl (C=O) groups excluding carboxylic acids is 2. The van der Waals surface area contributed by atoms with Gasteiger partial charge in [-0.25, -0.2) is 9.59 Å². The fourth-order valence-corrected chi connectivity index (χ4v) is 1.03. The lowest BCUT2D eigenvalue weighted by Gasteiger charge is -2.03. The Morgan fingerprint density at radius 2 is 1.75 bits per heavy atom. The van der Waals surface area contributed by atoms with Gasteiger partial charge in [-0.05, 0) is 18.2 Å². The summed E-state index contributed by atoms with van der Waals surface area (Å²) in [5, 5.41) is 0. The summed E-state index contributed by atoms with van der Waals surface area (Å²) < 4.78 is 18.6. The molecule has 0 aliphatic rings. The van der Waals surface area contributed by atoms with Crippen LogP contribution in [0.25, 0.3) is 0 Å². The van der Waals surface area contributed by atoms with Crippen LogP contribution in [0.15, 0.2) is 55.3 Å². The van der Waals surface area contributed by atoms with Crippen molar-refractivity contribution in [3.05, 3.63) is 55.3 Å². The number of carbonyl (C=O) groups is 2. The predicted molar refractivity (Wildman–Crippen MR) is 70.2 cm³/mol. The molecular formula is C14H14O6. The van der Waals surface area contributed by atoms with Gasteiger partial charge in [-0.1, -0.05) is 30.9 Å². The highest BCUT2D eigenvalue weighted by molar-refractivity contribution is 5.63. The molecular weight excluding hydrogens is 264 g/mol. The van der Waals surface area contributed by atoms with Crippen molar-refractivity contribution in [3.63, 3.8) is 0 Å². The zero-order valence-corrected chi connectivity index (χ0v) is 10.7. The van der Waals surface area contributed by atoms with Crippen molar-refractivity contribution >= 4 is 12.3 Å². The number of ether oxygens (including phenoxy) is 4. The second kappa shape index (κ2) is 9.21. The second-order valence-electron chi connectivity index (χ2n) is 3.32. The number of rotatable bonds is 6. The average molecular weight is 278 g/mol. The molecule has 1 aromatic carbocycles. The summed E-state index contributed by atoms with van der Waals surface area (Å²) in [5.41, 5.74) is 0. The Balaban J connectivity index is 2.15. The molecule has 0 bridgehead atoms. The summed E-state index contributed by atoms with van der Waals surface area (Å²) in [7, 11) is 0. The van der Waals surface area contributed by atoms with Crippen molar-refractivity contribution < 1.29 is 28.5 Å². The molecule has 1 aromatic rings. The van der Waals surface area contributed by atoms with E-state index < -0.39 is 12.3 Å². The van der Waals surface area contributed by atoms with E-state index in [-0.39, 0.29) is 13.2 Å². The zero-order chi connectivity index (χ0) is 14.6. The molecule has 0 amide bonds. The molecule has 0 spiro atoms. The van der Waals surface area contributed by atoms with Crippen LogP contribution < -0.4 is 4.74 Å². The molecule has 0 radical (unpaired) electrons. The Morgan fingerprint density at radius 1 is 1.05 bits per heavy atom. The van der Waals surface area contributed by atoms with Gasteiger partial charge < -0.3 is 18.9 Å². The van der Waals surface area contributed by atoms with E-state index in [0.29, 0.717) is 5.75 Å². The summed E-state index contributed by atoms with van der Waals surface area (Å²) in [4.78, 5) is 22.1. The van der Waals surface area contributed by atoms with Gasteiger partial charge in [0.1, 0.15) is 19.0 Å². The van der Waals surface area contributed by atoms with Crippen molar-refractivity contribution in [2.45, 2.75) is 0 Å². The molecule has 20 heavy (non-hydrogen) atoms. The molecule has 0 saturated heterocycles. The van der Waals surface area contributed by atoms with Gasteiger partial charge in [0, 0.05) is 0 Å². The minimum Gasteiger partial charge on any atom is -0.430 e. The molecule has 0 aliphatic heterocycles. The SMILES string of the molecule is C=CCOC(=O)OC=CCOC(=O)Oc1ccccc1. The first-order valence-corrected chi connectivity index (χ1v) is 5.71. The van der Waals surface area contributed by atoms with Gasteiger partial charge in [-0.2, -0.15) is 0 Å². The molecule has 0 aliphatic carbocycles. The largest absolute Gasteiger partial charge is 0.514 e. The summed E-state index contributed by atoms with van der Waals surface area (Å²) in [5.74, 6) is 0.380. The van der Waals surface area contributed by atoms with Gasteiger partial charge in [-0.15, -0.1) is 0 Å². The van der Waals surface area contributed by atoms with Crippen LogP contribution in [0.4, 0.5) is 9.59 Å². The smallest absolute Gasteiger partial charge is 0.430 e. The molecule has 1 rings (SSSR count). The molecule has 0 unspecified atom stereocenters. The fourth-order valence-electron chi connectivity index (χ4n) is 1.03. The lowest BCUT2D eigenvalue weighted by atomic mass is 10.3. The molecule has 0 saturated carbocycles. The topological polar surface area (TPSA) is 71.1 Å². The van der Waals surface area contributed by atoms with Gasteiger partial charge in [0.15, 0.2) is 0 Å². The van der Waals surface area contributed by atoms with E-state index in [4.69, 9.17) is 9.47 Å². The number of para-hydroxylation sites is 1. The monoisotopic (exact) mass is 278 g/mol. The number of benzene rings is 1. The van der Waals surface area contributed by atoms with Gasteiger partial charge in [0.05, 0.1) is 6.26 Å². The number of hydrogen-bond donors (Lipinski definition) is 0. The summed E-state index contributed by atoms with van der Waals surface area (Å²) in [6.07, 6.45) is 2.07. The standard InChI is InChI=1S/C14H14O6/c1-2-9-17-13(15)18-10-6-11-19-14(16)20-12-7-4-3-5-8-12/h2-8,10H,1,9,11H2. The van der Waals surface area contributed by atoms with Crippen LogP contribution in [-0.2, 0) is 14.2 Å². The van der Waals surface area contributed by atoms with E-state index in [2.05, 4.69) is 16.1 Å². The van der Waals surface area contributed by atoms with E-state index in [1.54, 1.807) is 30.3 Å². The van der Waals surface area contributed by atoms with Gasteiger partial charge in [-0.3, -0.25) is 0 Å². The van der Waals surface area contributed by atoms with Gasteiger partial charge >= 0.3 is 12.3 Å². The predicted octanol–water partition coefficient (Wildman–Crippen LogP) is 3.05. The maximum Gasteiger partial charge on any atom is 0.514 e. The molecule has 0 N–H and O–H groups in total. The van der Waals surface area contributed by atoms with Crippen LogP contribution in [-0.4, -0.2) is 25.5 Å². The van der Waals surface area contributed by atoms with E-state index in [9.17, 15) is 9.59 Å². The Hall–Kier alpha value is -2.76. The van der Waals surface area contributed by atoms with Crippen molar-refractivity contribution in [2.24, 2.45) is 0 Å². The second-order valence-corrected chi connectivity index (χ2v) is 3.32. The van der Waals surface area contributed by atoms with Crippen molar-refractivity contribution in [2.75, 3.05) is 13.2 Å². The Morgan fingerprint density at radius 3 is 2.45 bits per heavy atom. The zero-order valence-electron chi connectivity index (χ0n) is 10.7. The minimum absolute atomic E-state index is 0.0621. The lowest BCUT2D eigenvalue weighted by Crippen LogP contribution is -2.10. The third-order valence-corrected chi connectivity index (χ3v) is 1.82. The maximum absolute atomic E-state index is 11.2. The quantitative estimate of drug-likeness (QED) is 0.345. The molecule has 0 heterocycles. The highest BCUT2D eigenvalue weighted by Gasteiger charge is 2.04. The molecule has 0 aromatic heterocycles. The third-order valence-electron chi connectivity index (χ3n) is 1.82. The van der Waals surface area contributed by atoms with Crippen molar-refractivity contribution in [1.82, 2.24) is 0 Å². The van der Waals surface area contributed by atoms with Crippen LogP contribution in [0.3, 0.4) is 0 Å². The number of hydrogen-bond acceptors (Lipinski definition) is 6. The average Bonchev–Trinajstić information content (AvgIpc) is 2.45. The molecule has 0 fully saturated rings. The Labute approximate surface area is 116 Å². The van der Waals surface area contributed by atoms with E-state index >= 15 is 0 Å². The van der Waals surface area contributed by atoms with Crippen LogP contribution in [0.5, 0.6) is 5.75 Å². The van der Waals surface area contributed by atoms with Gasteiger partial charge in [0.2, 0.25) is 0 Å². The summed E-state index contributed by atoms with van der Waals surface area (Å²) in [6, 6.07) is 8.49. The van der Waals surface area contributed by atoms with E-state index in [0.717, 1.165) is 6.26 Å². The van der Waals surface area contributed by atoms with Crippen LogP contribution in [0.2, 0.25) is 0 Å². The molecule has 0 atom stereocenters. The highest BCUT2D eigenvalue weighted by Crippen LogP contribution is 2.08. The normalized spacial score (nSPS) is 9.80. The van der Waals surface area contributed by atoms with E-state index in [1.807, 2.05) is 0 Å². The molecule has 6 nitrogen and oxygen atoms in total. The lowest BCUT2D eigenvalue weighted by molar-refractivity contribution is 0.0931. The summed E-state index contributed by atoms with van der Waals surface area (Å²) >= 11 is 0. The minimum atomic E-state index is -0.868. The van der Waals surface area contributed by atoms with Gasteiger partial charge in [0.25, 0.3) is 0 Å². The molecule has 106 valence electrons. The Bertz CT molecular complexity index is 466. The molecule has 6 heteroatoms. The van der Waals surface area contributed by atoms with Crippen molar-refractivity contribution in [3.8, 4) is 5.75 Å². The Kier molecular flexibility index (Phi) is 7.04. The fraction of sp³-hybridized carbons (Fsp3) is 0.143. The van der Waals surface area contributed by atoms with Crippen LogP contribution >= 0.6 is 0 Å². The van der Waals surface area contributed by atoms with Crippen LogP contribution in [0.1, 0.15) is 0 Å². The van der Waals surface area contributed by atoms with Crippen LogP contribution in [0, 0.1) is 0 Å². The first-order chi connectivity index (χ1) is 9.72. The third kappa shape index (κ3) is 6.85. The maximum atomic E-state index is 11.2. The highest BCUT2D eigenvalue weighted by atomic mass is 16.7. The van der Waals surface area contributed by atoms with E-state index in [1.165, 1.54) is 12.2 Å².